The van der Waals surface area contributed by atoms with Crippen LogP contribution in [0.3, 0.4) is 0 Å². The normalized spacial score (nSPS) is 14.9. The number of aryl methyl sites for hydroxylation is 2. The first kappa shape index (κ1) is 13.8. The number of nitrogens with one attached hydrogen (secondary N) is 1. The molecule has 0 amide bonds. The Bertz CT molecular complexity index is 566. The summed E-state index contributed by atoms with van der Waals surface area (Å²) in [4.78, 5) is 7.36. The summed E-state index contributed by atoms with van der Waals surface area (Å²) in [5.74, 6) is 1.20. The minimum absolute atomic E-state index is 0.783. The van der Waals surface area contributed by atoms with Gasteiger partial charge < -0.3 is 9.88 Å². The van der Waals surface area contributed by atoms with Crippen molar-refractivity contribution in [3.8, 4) is 0 Å². The molecule has 0 radical (unpaired) electrons. The molecule has 1 saturated carbocycles. The molecule has 2 aromatic rings. The fourth-order valence-electron chi connectivity index (χ4n) is 2.48. The molecule has 2 aromatic heterocycles. The van der Waals surface area contributed by atoms with Gasteiger partial charge in [0.15, 0.2) is 0 Å². The Morgan fingerprint density at radius 1 is 1.45 bits per heavy atom. The molecule has 1 N–H and O–H groups in total. The highest BCUT2D eigenvalue weighted by Gasteiger charge is 2.20. The Kier molecular flexibility index (Phi) is 4.22. The van der Waals surface area contributed by atoms with Crippen LogP contribution in [0.25, 0.3) is 0 Å². The SMILES string of the molecule is CCCc1nccn1Cc1cc(CNC2CC2)sc1C. The third-order valence-electron chi connectivity index (χ3n) is 3.83. The van der Waals surface area contributed by atoms with Crippen molar-refractivity contribution < 1.29 is 0 Å². The Labute approximate surface area is 125 Å². The monoisotopic (exact) mass is 289 g/mol. The van der Waals surface area contributed by atoms with Gasteiger partial charge in [-0.15, -0.1) is 11.3 Å². The molecule has 3 nitrogen and oxygen atoms in total. The van der Waals surface area contributed by atoms with Crippen molar-refractivity contribution in [2.45, 2.75) is 58.7 Å². The molecule has 0 spiro atoms. The molecule has 2 heterocycles. The second-order valence-electron chi connectivity index (χ2n) is 5.67. The molecule has 0 atom stereocenters. The fourth-order valence-corrected chi connectivity index (χ4v) is 3.49. The van der Waals surface area contributed by atoms with E-state index in [9.17, 15) is 0 Å². The minimum Gasteiger partial charge on any atom is -0.330 e. The summed E-state index contributed by atoms with van der Waals surface area (Å²) in [7, 11) is 0. The van der Waals surface area contributed by atoms with Crippen molar-refractivity contribution in [1.29, 1.82) is 0 Å². The Balaban J connectivity index is 1.67. The van der Waals surface area contributed by atoms with Crippen LogP contribution in [0.1, 0.15) is 47.3 Å². The number of hydrogen-bond donors (Lipinski definition) is 1. The van der Waals surface area contributed by atoms with Gasteiger partial charge >= 0.3 is 0 Å². The number of imidazole rings is 1. The summed E-state index contributed by atoms with van der Waals surface area (Å²) < 4.78 is 2.29. The summed E-state index contributed by atoms with van der Waals surface area (Å²) >= 11 is 1.93. The molecule has 0 aliphatic heterocycles. The van der Waals surface area contributed by atoms with Crippen molar-refractivity contribution in [1.82, 2.24) is 14.9 Å². The molecule has 3 rings (SSSR count). The Morgan fingerprint density at radius 3 is 3.05 bits per heavy atom. The molecule has 0 bridgehead atoms. The summed E-state index contributed by atoms with van der Waals surface area (Å²) in [5, 5.41) is 3.60. The predicted octanol–water partition coefficient (Wildman–Crippen LogP) is 3.51. The molecule has 108 valence electrons. The summed E-state index contributed by atoms with van der Waals surface area (Å²) in [5.41, 5.74) is 1.44. The third kappa shape index (κ3) is 3.30. The van der Waals surface area contributed by atoms with Crippen LogP contribution in [0.5, 0.6) is 0 Å². The number of nitrogens with zero attached hydrogens (tertiary/aromatic N) is 2. The lowest BCUT2D eigenvalue weighted by Gasteiger charge is -2.06. The van der Waals surface area contributed by atoms with Gasteiger partial charge in [-0.1, -0.05) is 6.92 Å². The lowest BCUT2D eigenvalue weighted by molar-refractivity contribution is 0.691. The van der Waals surface area contributed by atoms with Gasteiger partial charge in [0.25, 0.3) is 0 Å². The fraction of sp³-hybridized carbons (Fsp3) is 0.562. The van der Waals surface area contributed by atoms with E-state index in [1.165, 1.54) is 34.0 Å². The highest BCUT2D eigenvalue weighted by atomic mass is 32.1. The average molecular weight is 289 g/mol. The molecule has 1 fully saturated rings. The maximum Gasteiger partial charge on any atom is 0.108 e. The molecular formula is C16H23N3S. The van der Waals surface area contributed by atoms with Crippen LogP contribution in [0.15, 0.2) is 18.5 Å². The van der Waals surface area contributed by atoms with Gasteiger partial charge in [0.1, 0.15) is 5.82 Å². The first-order valence-corrected chi connectivity index (χ1v) is 8.39. The van der Waals surface area contributed by atoms with E-state index in [2.05, 4.69) is 41.0 Å². The molecule has 0 unspecified atom stereocenters. The standard InChI is InChI=1S/C16H23N3S/c1-3-4-16-17-7-8-19(16)11-13-9-15(20-12(13)2)10-18-14-5-6-14/h7-9,14,18H,3-6,10-11H2,1-2H3. The maximum absolute atomic E-state index is 4.46. The zero-order valence-electron chi connectivity index (χ0n) is 12.4. The third-order valence-corrected chi connectivity index (χ3v) is 4.92. The van der Waals surface area contributed by atoms with Gasteiger partial charge in [0.2, 0.25) is 0 Å². The van der Waals surface area contributed by atoms with Crippen LogP contribution in [-0.4, -0.2) is 15.6 Å². The number of hydrogen-bond acceptors (Lipinski definition) is 3. The quantitative estimate of drug-likeness (QED) is 0.845. The van der Waals surface area contributed by atoms with E-state index in [0.29, 0.717) is 0 Å². The van der Waals surface area contributed by atoms with Crippen LogP contribution in [0.4, 0.5) is 0 Å². The van der Waals surface area contributed by atoms with Crippen molar-refractivity contribution in [3.63, 3.8) is 0 Å². The number of thiophene rings is 1. The van der Waals surface area contributed by atoms with E-state index < -0.39 is 0 Å². The van der Waals surface area contributed by atoms with Gasteiger partial charge in [-0.2, -0.15) is 0 Å². The van der Waals surface area contributed by atoms with Crippen LogP contribution < -0.4 is 5.32 Å². The molecule has 1 aliphatic carbocycles. The van der Waals surface area contributed by atoms with E-state index in [-0.39, 0.29) is 0 Å². The summed E-state index contributed by atoms with van der Waals surface area (Å²) in [6.07, 6.45) is 8.94. The first-order valence-electron chi connectivity index (χ1n) is 7.58. The van der Waals surface area contributed by atoms with Crippen molar-refractivity contribution in [3.05, 3.63) is 39.6 Å². The molecular weight excluding hydrogens is 266 g/mol. The van der Waals surface area contributed by atoms with Crippen molar-refractivity contribution in [2.75, 3.05) is 0 Å². The second-order valence-corrected chi connectivity index (χ2v) is 7.01. The van der Waals surface area contributed by atoms with E-state index in [0.717, 1.165) is 32.0 Å². The van der Waals surface area contributed by atoms with Gasteiger partial charge in [0.05, 0.1) is 0 Å². The van der Waals surface area contributed by atoms with Crippen LogP contribution >= 0.6 is 11.3 Å². The smallest absolute Gasteiger partial charge is 0.108 e. The largest absolute Gasteiger partial charge is 0.330 e. The average Bonchev–Trinajstić information content (AvgIpc) is 3.07. The zero-order chi connectivity index (χ0) is 13.9. The Morgan fingerprint density at radius 2 is 2.30 bits per heavy atom. The zero-order valence-corrected chi connectivity index (χ0v) is 13.2. The van der Waals surface area contributed by atoms with E-state index in [1.54, 1.807) is 0 Å². The molecule has 1 aliphatic rings. The molecule has 4 heteroatoms. The molecule has 0 aromatic carbocycles. The second kappa shape index (κ2) is 6.10. The molecule has 0 saturated heterocycles. The van der Waals surface area contributed by atoms with Crippen molar-refractivity contribution >= 4 is 11.3 Å². The van der Waals surface area contributed by atoms with E-state index >= 15 is 0 Å². The number of aromatic nitrogens is 2. The van der Waals surface area contributed by atoms with E-state index in [4.69, 9.17) is 0 Å². The van der Waals surface area contributed by atoms with Crippen molar-refractivity contribution in [2.24, 2.45) is 0 Å². The van der Waals surface area contributed by atoms with Gasteiger partial charge in [-0.25, -0.2) is 4.98 Å². The lowest BCUT2D eigenvalue weighted by Crippen LogP contribution is -2.14. The number of rotatable bonds is 7. The lowest BCUT2D eigenvalue weighted by atomic mass is 10.2. The highest BCUT2D eigenvalue weighted by Crippen LogP contribution is 2.25. The van der Waals surface area contributed by atoms with Gasteiger partial charge in [-0.05, 0) is 37.8 Å². The summed E-state index contributed by atoms with van der Waals surface area (Å²) in [6.45, 7) is 6.43. The Hall–Kier alpha value is -1.13. The highest BCUT2D eigenvalue weighted by molar-refractivity contribution is 7.12. The van der Waals surface area contributed by atoms with E-state index in [1.807, 2.05) is 17.5 Å². The van der Waals surface area contributed by atoms with Crippen LogP contribution in [0.2, 0.25) is 0 Å². The topological polar surface area (TPSA) is 29.9 Å². The van der Waals surface area contributed by atoms with Gasteiger partial charge in [0, 0.05) is 47.7 Å². The molecule has 20 heavy (non-hydrogen) atoms. The first-order chi connectivity index (χ1) is 9.76. The van der Waals surface area contributed by atoms with Crippen LogP contribution in [0, 0.1) is 6.92 Å². The maximum atomic E-state index is 4.46. The van der Waals surface area contributed by atoms with Crippen LogP contribution in [-0.2, 0) is 19.5 Å². The minimum atomic E-state index is 0.783. The van der Waals surface area contributed by atoms with Gasteiger partial charge in [-0.3, -0.25) is 0 Å². The predicted molar refractivity (Wildman–Crippen MR) is 84.2 cm³/mol. The summed E-state index contributed by atoms with van der Waals surface area (Å²) in [6, 6.07) is 3.15.